The van der Waals surface area contributed by atoms with Crippen LogP contribution in [0.25, 0.3) is 0 Å². The third-order valence-corrected chi connectivity index (χ3v) is 2.49. The highest BCUT2D eigenvalue weighted by atomic mass is 19.4. The predicted octanol–water partition coefficient (Wildman–Crippen LogP) is 2.98. The number of nitrogens with zero attached hydrogens (tertiary/aromatic N) is 1. The first-order chi connectivity index (χ1) is 9.42. The zero-order chi connectivity index (χ0) is 15.0. The van der Waals surface area contributed by atoms with E-state index in [9.17, 15) is 18.0 Å². The van der Waals surface area contributed by atoms with Crippen LogP contribution in [0.5, 0.6) is 0 Å². The first kappa shape index (κ1) is 16.3. The Kier molecular flexibility index (Phi) is 6.27. The Hall–Kier alpha value is -1.79. The van der Waals surface area contributed by atoms with Gasteiger partial charge >= 0.3 is 6.18 Å². The smallest absolute Gasteiger partial charge is 0.385 e. The first-order valence-electron chi connectivity index (χ1n) is 6.47. The lowest BCUT2D eigenvalue weighted by atomic mass is 10.2. The summed E-state index contributed by atoms with van der Waals surface area (Å²) >= 11 is 0. The SMILES string of the molecule is CCCNc1ccnc(C(=O)NCCCC(F)(F)F)c1. The maximum atomic E-state index is 11.9. The summed E-state index contributed by atoms with van der Waals surface area (Å²) in [6.45, 7) is 2.77. The van der Waals surface area contributed by atoms with Gasteiger partial charge < -0.3 is 10.6 Å². The van der Waals surface area contributed by atoms with Crippen LogP contribution in [0.15, 0.2) is 18.3 Å². The molecule has 0 aromatic carbocycles. The Morgan fingerprint density at radius 1 is 1.35 bits per heavy atom. The standard InChI is InChI=1S/C13H18F3N3O/c1-2-6-17-10-4-8-18-11(9-10)12(20)19-7-3-5-13(14,15)16/h4,8-9H,2-3,5-7H2,1H3,(H,17,18)(H,19,20). The van der Waals surface area contributed by atoms with Gasteiger partial charge in [-0.1, -0.05) is 6.92 Å². The number of aromatic nitrogens is 1. The Balaban J connectivity index is 2.43. The molecule has 0 aliphatic carbocycles. The number of hydrogen-bond acceptors (Lipinski definition) is 3. The number of halogens is 3. The molecule has 0 unspecified atom stereocenters. The summed E-state index contributed by atoms with van der Waals surface area (Å²) in [5.41, 5.74) is 0.959. The molecule has 0 bridgehead atoms. The molecule has 1 aromatic heterocycles. The summed E-state index contributed by atoms with van der Waals surface area (Å²) in [5, 5.41) is 5.53. The third kappa shape index (κ3) is 6.40. The van der Waals surface area contributed by atoms with Gasteiger partial charge in [0.05, 0.1) is 0 Å². The van der Waals surface area contributed by atoms with Crippen molar-refractivity contribution in [2.75, 3.05) is 18.4 Å². The summed E-state index contributed by atoms with van der Waals surface area (Å²) < 4.78 is 35.8. The molecule has 7 heteroatoms. The summed E-state index contributed by atoms with van der Waals surface area (Å²) in [6.07, 6.45) is -2.79. The van der Waals surface area contributed by atoms with Gasteiger partial charge in [0.2, 0.25) is 0 Å². The molecule has 2 N–H and O–H groups in total. The Morgan fingerprint density at radius 3 is 2.75 bits per heavy atom. The minimum atomic E-state index is -4.19. The molecule has 0 radical (unpaired) electrons. The van der Waals surface area contributed by atoms with Crippen molar-refractivity contribution in [3.05, 3.63) is 24.0 Å². The maximum absolute atomic E-state index is 11.9. The second-order valence-corrected chi connectivity index (χ2v) is 4.33. The van der Waals surface area contributed by atoms with E-state index in [2.05, 4.69) is 15.6 Å². The minimum Gasteiger partial charge on any atom is -0.385 e. The van der Waals surface area contributed by atoms with Crippen molar-refractivity contribution in [3.63, 3.8) is 0 Å². The number of nitrogens with one attached hydrogen (secondary N) is 2. The van der Waals surface area contributed by atoms with E-state index in [1.54, 1.807) is 12.1 Å². The van der Waals surface area contributed by atoms with E-state index >= 15 is 0 Å². The van der Waals surface area contributed by atoms with Crippen molar-refractivity contribution < 1.29 is 18.0 Å². The van der Waals surface area contributed by atoms with Gasteiger partial charge in [-0.05, 0) is 25.0 Å². The quantitative estimate of drug-likeness (QED) is 0.759. The number of hydrogen-bond donors (Lipinski definition) is 2. The van der Waals surface area contributed by atoms with Gasteiger partial charge in [-0.2, -0.15) is 13.2 Å². The van der Waals surface area contributed by atoms with Gasteiger partial charge in [-0.25, -0.2) is 0 Å². The zero-order valence-corrected chi connectivity index (χ0v) is 11.3. The molecule has 1 heterocycles. The zero-order valence-electron chi connectivity index (χ0n) is 11.3. The van der Waals surface area contributed by atoms with E-state index in [0.29, 0.717) is 0 Å². The predicted molar refractivity (Wildman–Crippen MR) is 70.6 cm³/mol. The van der Waals surface area contributed by atoms with E-state index in [1.165, 1.54) is 6.20 Å². The molecule has 0 saturated carbocycles. The number of carbonyl (C=O) groups excluding carboxylic acids is 1. The van der Waals surface area contributed by atoms with E-state index in [0.717, 1.165) is 18.7 Å². The van der Waals surface area contributed by atoms with Crippen LogP contribution in [0.2, 0.25) is 0 Å². The average Bonchev–Trinajstić information content (AvgIpc) is 2.40. The van der Waals surface area contributed by atoms with Gasteiger partial charge in [0.15, 0.2) is 0 Å². The van der Waals surface area contributed by atoms with E-state index < -0.39 is 18.5 Å². The molecular weight excluding hydrogens is 271 g/mol. The number of alkyl halides is 3. The van der Waals surface area contributed by atoms with E-state index in [4.69, 9.17) is 0 Å². The molecule has 0 atom stereocenters. The lowest BCUT2D eigenvalue weighted by molar-refractivity contribution is -0.135. The first-order valence-corrected chi connectivity index (χ1v) is 6.47. The van der Waals surface area contributed by atoms with E-state index in [1.807, 2.05) is 6.92 Å². The lowest BCUT2D eigenvalue weighted by Crippen LogP contribution is -2.26. The molecule has 112 valence electrons. The van der Waals surface area contributed by atoms with Crippen LogP contribution in [0.4, 0.5) is 18.9 Å². The largest absolute Gasteiger partial charge is 0.389 e. The molecule has 0 aliphatic heterocycles. The van der Waals surface area contributed by atoms with Crippen LogP contribution in [-0.4, -0.2) is 30.2 Å². The molecule has 1 aromatic rings. The van der Waals surface area contributed by atoms with Gasteiger partial charge in [-0.3, -0.25) is 9.78 Å². The molecular formula is C13H18F3N3O. The summed E-state index contributed by atoms with van der Waals surface area (Å²) in [6, 6.07) is 3.31. The fraction of sp³-hybridized carbons (Fsp3) is 0.538. The number of pyridine rings is 1. The second-order valence-electron chi connectivity index (χ2n) is 4.33. The van der Waals surface area contributed by atoms with Crippen LogP contribution in [0.1, 0.15) is 36.7 Å². The Bertz CT molecular complexity index is 435. The summed E-state index contributed by atoms with van der Waals surface area (Å²) in [5.74, 6) is -0.465. The lowest BCUT2D eigenvalue weighted by Gasteiger charge is -2.08. The average molecular weight is 289 g/mol. The van der Waals surface area contributed by atoms with Crippen LogP contribution >= 0.6 is 0 Å². The molecule has 1 amide bonds. The van der Waals surface area contributed by atoms with Crippen molar-refractivity contribution in [3.8, 4) is 0 Å². The van der Waals surface area contributed by atoms with Crippen molar-refractivity contribution in [2.24, 2.45) is 0 Å². The fourth-order valence-corrected chi connectivity index (χ4v) is 1.52. The van der Waals surface area contributed by atoms with E-state index in [-0.39, 0.29) is 18.7 Å². The highest BCUT2D eigenvalue weighted by Crippen LogP contribution is 2.20. The highest BCUT2D eigenvalue weighted by Gasteiger charge is 2.26. The van der Waals surface area contributed by atoms with Gasteiger partial charge in [0, 0.05) is 31.4 Å². The maximum Gasteiger partial charge on any atom is 0.389 e. The van der Waals surface area contributed by atoms with Gasteiger partial charge in [-0.15, -0.1) is 0 Å². The highest BCUT2D eigenvalue weighted by molar-refractivity contribution is 5.93. The van der Waals surface area contributed by atoms with Gasteiger partial charge in [0.1, 0.15) is 5.69 Å². The molecule has 0 fully saturated rings. The topological polar surface area (TPSA) is 54.0 Å². The second kappa shape index (κ2) is 7.72. The molecule has 4 nitrogen and oxygen atoms in total. The molecule has 1 rings (SSSR count). The van der Waals surface area contributed by atoms with Crippen LogP contribution < -0.4 is 10.6 Å². The normalized spacial score (nSPS) is 11.2. The van der Waals surface area contributed by atoms with Crippen LogP contribution in [0.3, 0.4) is 0 Å². The van der Waals surface area contributed by atoms with Crippen molar-refractivity contribution in [1.29, 1.82) is 0 Å². The number of anilines is 1. The fourth-order valence-electron chi connectivity index (χ4n) is 1.52. The monoisotopic (exact) mass is 289 g/mol. The van der Waals surface area contributed by atoms with Crippen molar-refractivity contribution in [1.82, 2.24) is 10.3 Å². The number of carbonyl (C=O) groups is 1. The minimum absolute atomic E-state index is 0.0212. The van der Waals surface area contributed by atoms with Crippen LogP contribution in [0, 0.1) is 0 Å². The summed E-state index contributed by atoms with van der Waals surface area (Å²) in [7, 11) is 0. The number of rotatable bonds is 7. The third-order valence-electron chi connectivity index (χ3n) is 2.49. The van der Waals surface area contributed by atoms with Crippen molar-refractivity contribution >= 4 is 11.6 Å². The molecule has 0 spiro atoms. The number of amides is 1. The van der Waals surface area contributed by atoms with Gasteiger partial charge in [0.25, 0.3) is 5.91 Å². The van der Waals surface area contributed by atoms with Crippen LogP contribution in [-0.2, 0) is 0 Å². The molecule has 20 heavy (non-hydrogen) atoms. The summed E-state index contributed by atoms with van der Waals surface area (Å²) in [4.78, 5) is 15.6. The Labute approximate surface area is 115 Å². The van der Waals surface area contributed by atoms with Crippen molar-refractivity contribution in [2.45, 2.75) is 32.4 Å². The molecule has 0 aliphatic rings. The Morgan fingerprint density at radius 2 is 2.10 bits per heavy atom. The molecule has 0 saturated heterocycles.